The lowest BCUT2D eigenvalue weighted by atomic mass is 10.2. The number of nitrogens with one attached hydrogen (secondary N) is 1. The monoisotopic (exact) mass is 297 g/mol. The number of carbonyl (C=O) groups excluding carboxylic acids is 2. The highest BCUT2D eigenvalue weighted by atomic mass is 32.2. The second kappa shape index (κ2) is 5.22. The van der Waals surface area contributed by atoms with Gasteiger partial charge in [0, 0.05) is 6.26 Å². The molecule has 20 heavy (non-hydrogen) atoms. The van der Waals surface area contributed by atoms with Crippen molar-refractivity contribution >= 4 is 33.0 Å². The van der Waals surface area contributed by atoms with Gasteiger partial charge in [-0.05, 0) is 12.1 Å². The van der Waals surface area contributed by atoms with E-state index in [9.17, 15) is 18.0 Å². The number of nitrogens with two attached hydrogens (primary N) is 1. The van der Waals surface area contributed by atoms with E-state index in [4.69, 9.17) is 5.73 Å². The van der Waals surface area contributed by atoms with Gasteiger partial charge in [0.1, 0.15) is 11.8 Å². The molecule has 108 valence electrons. The standard InChI is InChI=1S/C12H15N3O4S/c1-20(18,19)7-11(16)15-6-8(13)12(17)14-9-4-2-3-5-10(9)15/h2-5,8H,6-7,13H2,1H3,(H,14,17)/t8-/m0/s1. The van der Waals surface area contributed by atoms with Gasteiger partial charge in [0.05, 0.1) is 17.9 Å². The van der Waals surface area contributed by atoms with E-state index >= 15 is 0 Å². The number of amides is 2. The van der Waals surface area contributed by atoms with Crippen LogP contribution in [0.2, 0.25) is 0 Å². The van der Waals surface area contributed by atoms with E-state index in [0.29, 0.717) is 11.4 Å². The number of hydrogen-bond acceptors (Lipinski definition) is 5. The second-order valence-electron chi connectivity index (χ2n) is 4.69. The molecule has 2 amide bonds. The summed E-state index contributed by atoms with van der Waals surface area (Å²) in [4.78, 5) is 25.1. The largest absolute Gasteiger partial charge is 0.323 e. The first-order chi connectivity index (χ1) is 9.28. The van der Waals surface area contributed by atoms with Crippen LogP contribution < -0.4 is 16.0 Å². The highest BCUT2D eigenvalue weighted by Gasteiger charge is 2.30. The van der Waals surface area contributed by atoms with Gasteiger partial charge in [-0.2, -0.15) is 0 Å². The first-order valence-corrected chi connectivity index (χ1v) is 7.97. The van der Waals surface area contributed by atoms with Crippen molar-refractivity contribution in [3.05, 3.63) is 24.3 Å². The average molecular weight is 297 g/mol. The fourth-order valence-electron chi connectivity index (χ4n) is 1.96. The lowest BCUT2D eigenvalue weighted by Gasteiger charge is -2.23. The third kappa shape index (κ3) is 3.14. The lowest BCUT2D eigenvalue weighted by Crippen LogP contribution is -2.46. The fourth-order valence-corrected chi connectivity index (χ4v) is 2.56. The summed E-state index contributed by atoms with van der Waals surface area (Å²) in [5.74, 6) is -1.64. The molecule has 2 rings (SSSR count). The normalized spacial score (nSPS) is 19.0. The van der Waals surface area contributed by atoms with E-state index in [2.05, 4.69) is 5.32 Å². The first kappa shape index (κ1) is 14.5. The predicted octanol–water partition coefficient (Wildman–Crippen LogP) is -0.656. The van der Waals surface area contributed by atoms with Crippen molar-refractivity contribution < 1.29 is 18.0 Å². The molecule has 1 heterocycles. The average Bonchev–Trinajstić information content (AvgIpc) is 2.45. The number of anilines is 2. The molecule has 8 heteroatoms. The number of benzene rings is 1. The number of sulfone groups is 1. The van der Waals surface area contributed by atoms with Crippen molar-refractivity contribution in [3.8, 4) is 0 Å². The molecule has 1 aliphatic heterocycles. The zero-order valence-corrected chi connectivity index (χ0v) is 11.7. The SMILES string of the molecule is CS(=O)(=O)CC(=O)N1C[C@H](N)C(=O)Nc2ccccc21. The molecule has 1 aromatic rings. The molecule has 0 saturated heterocycles. The molecule has 0 spiro atoms. The molecular formula is C12H15N3O4S. The summed E-state index contributed by atoms with van der Waals surface area (Å²) in [6, 6.07) is 5.75. The molecule has 0 aromatic heterocycles. The van der Waals surface area contributed by atoms with E-state index in [1.165, 1.54) is 4.90 Å². The van der Waals surface area contributed by atoms with Gasteiger partial charge in [0.25, 0.3) is 0 Å². The Kier molecular flexibility index (Phi) is 3.78. The summed E-state index contributed by atoms with van der Waals surface area (Å²) in [6.07, 6.45) is 0.984. The van der Waals surface area contributed by atoms with Gasteiger partial charge in [0.15, 0.2) is 9.84 Å². The maximum Gasteiger partial charge on any atom is 0.243 e. The van der Waals surface area contributed by atoms with Crippen LogP contribution in [0.25, 0.3) is 0 Å². The number of nitrogens with zero attached hydrogens (tertiary/aromatic N) is 1. The van der Waals surface area contributed by atoms with Crippen LogP contribution in [0.3, 0.4) is 0 Å². The van der Waals surface area contributed by atoms with Crippen LogP contribution in [-0.2, 0) is 19.4 Å². The van der Waals surface area contributed by atoms with Gasteiger partial charge < -0.3 is 16.0 Å². The molecule has 0 saturated carbocycles. The van der Waals surface area contributed by atoms with E-state index in [1.54, 1.807) is 24.3 Å². The van der Waals surface area contributed by atoms with Crippen molar-refractivity contribution in [2.24, 2.45) is 5.73 Å². The van der Waals surface area contributed by atoms with Gasteiger partial charge in [-0.25, -0.2) is 8.42 Å². The number of fused-ring (bicyclic) bond motifs is 1. The molecular weight excluding hydrogens is 282 g/mol. The van der Waals surface area contributed by atoms with Gasteiger partial charge in [-0.1, -0.05) is 12.1 Å². The van der Waals surface area contributed by atoms with Gasteiger partial charge in [0.2, 0.25) is 11.8 Å². The highest BCUT2D eigenvalue weighted by molar-refractivity contribution is 7.91. The van der Waals surface area contributed by atoms with Gasteiger partial charge in [-0.3, -0.25) is 9.59 Å². The smallest absolute Gasteiger partial charge is 0.243 e. The summed E-state index contributed by atoms with van der Waals surface area (Å²) in [5, 5.41) is 2.61. The Labute approximate surface area is 116 Å². The van der Waals surface area contributed by atoms with Crippen LogP contribution in [0, 0.1) is 0 Å². The maximum absolute atomic E-state index is 12.1. The summed E-state index contributed by atoms with van der Waals surface area (Å²) in [5.41, 5.74) is 6.58. The summed E-state index contributed by atoms with van der Waals surface area (Å²) in [7, 11) is -3.46. The van der Waals surface area contributed by atoms with Crippen LogP contribution in [0.4, 0.5) is 11.4 Å². The van der Waals surface area contributed by atoms with Crippen molar-refractivity contribution in [3.63, 3.8) is 0 Å². The Hall–Kier alpha value is -1.93. The molecule has 1 aromatic carbocycles. The highest BCUT2D eigenvalue weighted by Crippen LogP contribution is 2.28. The molecule has 0 fully saturated rings. The Balaban J connectivity index is 2.41. The second-order valence-corrected chi connectivity index (χ2v) is 6.83. The summed E-state index contributed by atoms with van der Waals surface area (Å²) < 4.78 is 22.5. The quantitative estimate of drug-likeness (QED) is 0.753. The van der Waals surface area contributed by atoms with E-state index < -0.39 is 33.4 Å². The Morgan fingerprint density at radius 1 is 1.45 bits per heavy atom. The lowest BCUT2D eigenvalue weighted by molar-refractivity contribution is -0.117. The first-order valence-electron chi connectivity index (χ1n) is 5.91. The van der Waals surface area contributed by atoms with E-state index in [1.807, 2.05) is 0 Å². The minimum absolute atomic E-state index is 0.0583. The number of para-hydroxylation sites is 2. The van der Waals surface area contributed by atoms with Crippen molar-refractivity contribution in [1.82, 2.24) is 0 Å². The third-order valence-electron chi connectivity index (χ3n) is 2.86. The van der Waals surface area contributed by atoms with E-state index in [-0.39, 0.29) is 6.54 Å². The molecule has 1 aliphatic rings. The number of rotatable bonds is 2. The van der Waals surface area contributed by atoms with Gasteiger partial charge >= 0.3 is 0 Å². The fraction of sp³-hybridized carbons (Fsp3) is 0.333. The summed E-state index contributed by atoms with van der Waals surface area (Å²) >= 11 is 0. The predicted molar refractivity (Wildman–Crippen MR) is 75.1 cm³/mol. The van der Waals surface area contributed by atoms with Gasteiger partial charge in [-0.15, -0.1) is 0 Å². The molecule has 0 radical (unpaired) electrons. The molecule has 1 atom stereocenters. The topological polar surface area (TPSA) is 110 Å². The molecule has 0 aliphatic carbocycles. The Morgan fingerprint density at radius 3 is 2.75 bits per heavy atom. The number of carbonyl (C=O) groups is 2. The van der Waals surface area contributed by atoms with Crippen LogP contribution in [0.15, 0.2) is 24.3 Å². The van der Waals surface area contributed by atoms with E-state index in [0.717, 1.165) is 6.26 Å². The zero-order chi connectivity index (χ0) is 14.9. The Bertz CT molecular complexity index is 656. The third-order valence-corrected chi connectivity index (χ3v) is 3.63. The minimum Gasteiger partial charge on any atom is -0.323 e. The molecule has 0 bridgehead atoms. The maximum atomic E-state index is 12.1. The van der Waals surface area contributed by atoms with Crippen molar-refractivity contribution in [2.45, 2.75) is 6.04 Å². The van der Waals surface area contributed by atoms with Crippen LogP contribution >= 0.6 is 0 Å². The van der Waals surface area contributed by atoms with Crippen LogP contribution in [-0.4, -0.2) is 44.8 Å². The summed E-state index contributed by atoms with van der Waals surface area (Å²) in [6.45, 7) is -0.0583. The number of hydrogen-bond donors (Lipinski definition) is 2. The van der Waals surface area contributed by atoms with Crippen LogP contribution in [0.5, 0.6) is 0 Å². The molecule has 3 N–H and O–H groups in total. The van der Waals surface area contributed by atoms with Crippen molar-refractivity contribution in [1.29, 1.82) is 0 Å². The van der Waals surface area contributed by atoms with Crippen LogP contribution in [0.1, 0.15) is 0 Å². The van der Waals surface area contributed by atoms with Crippen molar-refractivity contribution in [2.75, 3.05) is 28.8 Å². The zero-order valence-electron chi connectivity index (χ0n) is 10.9. The Morgan fingerprint density at radius 2 is 2.10 bits per heavy atom. The molecule has 0 unspecified atom stereocenters. The molecule has 7 nitrogen and oxygen atoms in total. The minimum atomic E-state index is -3.46.